The van der Waals surface area contributed by atoms with Crippen LogP contribution in [0.15, 0.2) is 5.38 Å². The van der Waals surface area contributed by atoms with Crippen LogP contribution in [0.5, 0.6) is 0 Å². The molecule has 0 amide bonds. The number of nitrogen functional groups attached to an aromatic ring is 1. The topological polar surface area (TPSA) is 65.2 Å². The van der Waals surface area contributed by atoms with Gasteiger partial charge in [-0.05, 0) is 6.42 Å². The van der Waals surface area contributed by atoms with Gasteiger partial charge in [0.25, 0.3) is 0 Å². The van der Waals surface area contributed by atoms with Crippen molar-refractivity contribution < 1.29 is 9.08 Å². The molecule has 2 N–H and O–H groups in total. The minimum atomic E-state index is -0.491. The van der Waals surface area contributed by atoms with E-state index in [9.17, 15) is 4.79 Å². The number of hydrogen-bond donors (Lipinski definition) is 1. The van der Waals surface area contributed by atoms with Gasteiger partial charge in [0.1, 0.15) is 17.8 Å². The summed E-state index contributed by atoms with van der Waals surface area (Å²) in [5.74, 6) is -0.902. The Hall–Kier alpha value is -0.810. The molecular formula is C7H9ClN2O2S. The molecule has 4 nitrogen and oxygen atoms in total. The SMILES string of the molecule is CCC(C(=O)OCl)c1csc(N)n1. The highest BCUT2D eigenvalue weighted by Crippen LogP contribution is 2.24. The third-order valence-corrected chi connectivity index (χ3v) is 2.51. The van der Waals surface area contributed by atoms with E-state index in [1.807, 2.05) is 6.92 Å². The summed E-state index contributed by atoms with van der Waals surface area (Å²) in [7, 11) is 0. The molecule has 0 aliphatic carbocycles. The Balaban J connectivity index is 2.84. The number of halogens is 1. The first-order chi connectivity index (χ1) is 6.19. The molecule has 0 radical (unpaired) electrons. The van der Waals surface area contributed by atoms with Crippen LogP contribution in [0.25, 0.3) is 0 Å². The summed E-state index contributed by atoms with van der Waals surface area (Å²) in [5, 5.41) is 2.17. The van der Waals surface area contributed by atoms with Crippen LogP contribution >= 0.6 is 23.2 Å². The van der Waals surface area contributed by atoms with Crippen molar-refractivity contribution in [1.82, 2.24) is 4.98 Å². The number of nitrogens with zero attached hydrogens (tertiary/aromatic N) is 1. The van der Waals surface area contributed by atoms with E-state index < -0.39 is 11.9 Å². The smallest absolute Gasteiger partial charge is 0.333 e. The van der Waals surface area contributed by atoms with Crippen molar-refractivity contribution >= 4 is 34.3 Å². The largest absolute Gasteiger partial charge is 0.375 e. The van der Waals surface area contributed by atoms with Gasteiger partial charge in [-0.2, -0.15) is 0 Å². The molecule has 0 aliphatic rings. The predicted octanol–water partition coefficient (Wildman–Crippen LogP) is 1.92. The first kappa shape index (κ1) is 10.3. The van der Waals surface area contributed by atoms with E-state index in [1.165, 1.54) is 11.3 Å². The zero-order valence-corrected chi connectivity index (χ0v) is 8.56. The fourth-order valence-electron chi connectivity index (χ4n) is 1.01. The summed E-state index contributed by atoms with van der Waals surface area (Å²) in [6.07, 6.45) is 0.592. The fourth-order valence-corrected chi connectivity index (χ4v) is 1.74. The molecule has 1 heterocycles. The van der Waals surface area contributed by atoms with E-state index in [4.69, 9.17) is 17.6 Å². The Bertz CT molecular complexity index is 302. The van der Waals surface area contributed by atoms with Crippen LogP contribution in [0.3, 0.4) is 0 Å². The number of nitrogens with two attached hydrogens (primary N) is 1. The lowest BCUT2D eigenvalue weighted by molar-refractivity contribution is -0.135. The van der Waals surface area contributed by atoms with Gasteiger partial charge in [-0.3, -0.25) is 0 Å². The molecule has 0 fully saturated rings. The van der Waals surface area contributed by atoms with Crippen molar-refractivity contribution in [2.24, 2.45) is 0 Å². The lowest BCUT2D eigenvalue weighted by atomic mass is 10.0. The molecule has 13 heavy (non-hydrogen) atoms. The van der Waals surface area contributed by atoms with Crippen LogP contribution in [0.1, 0.15) is 25.0 Å². The van der Waals surface area contributed by atoms with Crippen molar-refractivity contribution in [3.05, 3.63) is 11.1 Å². The summed E-state index contributed by atoms with van der Waals surface area (Å²) in [6.45, 7) is 1.86. The van der Waals surface area contributed by atoms with Gasteiger partial charge >= 0.3 is 5.97 Å². The summed E-state index contributed by atoms with van der Waals surface area (Å²) in [4.78, 5) is 15.1. The van der Waals surface area contributed by atoms with E-state index in [0.717, 1.165) is 0 Å². The molecule has 0 spiro atoms. The van der Waals surface area contributed by atoms with Gasteiger partial charge in [-0.15, -0.1) is 11.3 Å². The molecule has 0 saturated carbocycles. The second-order valence-corrected chi connectivity index (χ2v) is 3.51. The molecule has 72 valence electrons. The van der Waals surface area contributed by atoms with Crippen molar-refractivity contribution in [2.75, 3.05) is 5.73 Å². The van der Waals surface area contributed by atoms with Gasteiger partial charge in [0, 0.05) is 5.38 Å². The lowest BCUT2D eigenvalue weighted by Gasteiger charge is -2.06. The Morgan fingerprint density at radius 2 is 2.62 bits per heavy atom. The molecule has 0 bridgehead atoms. The second-order valence-electron chi connectivity index (χ2n) is 2.47. The van der Waals surface area contributed by atoms with Gasteiger partial charge in [0.05, 0.1) is 5.69 Å². The summed E-state index contributed by atoms with van der Waals surface area (Å²) in [6, 6.07) is 0. The van der Waals surface area contributed by atoms with Crippen LogP contribution in [0.4, 0.5) is 5.13 Å². The van der Waals surface area contributed by atoms with Gasteiger partial charge in [0.2, 0.25) is 0 Å². The Morgan fingerprint density at radius 1 is 1.92 bits per heavy atom. The summed E-state index contributed by atoms with van der Waals surface area (Å²) >= 11 is 6.27. The molecule has 1 rings (SSSR count). The van der Waals surface area contributed by atoms with E-state index in [-0.39, 0.29) is 0 Å². The van der Waals surface area contributed by atoms with E-state index in [0.29, 0.717) is 17.2 Å². The number of anilines is 1. The minimum absolute atomic E-state index is 0.411. The monoisotopic (exact) mass is 220 g/mol. The van der Waals surface area contributed by atoms with E-state index in [1.54, 1.807) is 5.38 Å². The second kappa shape index (κ2) is 4.43. The highest BCUT2D eigenvalue weighted by molar-refractivity contribution is 7.13. The van der Waals surface area contributed by atoms with Gasteiger partial charge in [-0.25, -0.2) is 9.78 Å². The number of carbonyl (C=O) groups is 1. The first-order valence-electron chi connectivity index (χ1n) is 3.72. The number of thiazole rings is 1. The zero-order chi connectivity index (χ0) is 9.84. The van der Waals surface area contributed by atoms with Gasteiger partial charge in [0.15, 0.2) is 5.13 Å². The van der Waals surface area contributed by atoms with Crippen LogP contribution in [0, 0.1) is 0 Å². The highest BCUT2D eigenvalue weighted by atomic mass is 35.5. The van der Waals surface area contributed by atoms with Crippen LogP contribution in [0.2, 0.25) is 0 Å². The molecule has 6 heteroatoms. The molecule has 0 aliphatic heterocycles. The average Bonchev–Trinajstić information content (AvgIpc) is 2.53. The van der Waals surface area contributed by atoms with Gasteiger partial charge < -0.3 is 10.0 Å². The third kappa shape index (κ3) is 2.32. The minimum Gasteiger partial charge on any atom is -0.375 e. The average molecular weight is 221 g/mol. The molecular weight excluding hydrogens is 212 g/mol. The standard InChI is InChI=1S/C7H9ClN2O2S/c1-2-4(6(11)12-8)5-3-13-7(9)10-5/h3-4H,2H2,1H3,(H2,9,10). The Kier molecular flexibility index (Phi) is 3.50. The predicted molar refractivity (Wildman–Crippen MR) is 51.5 cm³/mol. The molecule has 0 aromatic carbocycles. The highest BCUT2D eigenvalue weighted by Gasteiger charge is 2.22. The molecule has 1 aromatic heterocycles. The molecule has 1 aromatic rings. The molecule has 0 saturated heterocycles. The third-order valence-electron chi connectivity index (χ3n) is 1.67. The summed E-state index contributed by atoms with van der Waals surface area (Å²) in [5.41, 5.74) is 6.06. The number of aromatic nitrogens is 1. The fraction of sp³-hybridized carbons (Fsp3) is 0.429. The Labute approximate surface area is 84.8 Å². The lowest BCUT2D eigenvalue weighted by Crippen LogP contribution is -2.11. The molecule has 1 atom stereocenters. The van der Waals surface area contributed by atoms with Crippen LogP contribution in [-0.2, 0) is 9.08 Å². The number of rotatable bonds is 3. The Morgan fingerprint density at radius 3 is 3.00 bits per heavy atom. The maximum Gasteiger partial charge on any atom is 0.333 e. The van der Waals surface area contributed by atoms with E-state index >= 15 is 0 Å². The van der Waals surface area contributed by atoms with Crippen LogP contribution in [-0.4, -0.2) is 11.0 Å². The first-order valence-corrected chi connectivity index (χ1v) is 4.91. The quantitative estimate of drug-likeness (QED) is 0.845. The van der Waals surface area contributed by atoms with Gasteiger partial charge in [-0.1, -0.05) is 6.92 Å². The summed E-state index contributed by atoms with van der Waals surface area (Å²) < 4.78 is 4.12. The van der Waals surface area contributed by atoms with Crippen LogP contribution < -0.4 is 5.73 Å². The van der Waals surface area contributed by atoms with Crippen molar-refractivity contribution in [3.8, 4) is 0 Å². The van der Waals surface area contributed by atoms with Crippen molar-refractivity contribution in [1.29, 1.82) is 0 Å². The normalized spacial score (nSPS) is 12.5. The zero-order valence-electron chi connectivity index (χ0n) is 6.99. The number of carbonyl (C=O) groups excluding carboxylic acids is 1. The number of hydrogen-bond acceptors (Lipinski definition) is 5. The van der Waals surface area contributed by atoms with Crippen molar-refractivity contribution in [2.45, 2.75) is 19.3 Å². The molecule has 1 unspecified atom stereocenters. The van der Waals surface area contributed by atoms with E-state index in [2.05, 4.69) is 9.27 Å². The van der Waals surface area contributed by atoms with Crippen molar-refractivity contribution in [3.63, 3.8) is 0 Å². The maximum atomic E-state index is 11.1. The maximum absolute atomic E-state index is 11.1.